The van der Waals surface area contributed by atoms with Crippen molar-refractivity contribution in [1.29, 1.82) is 0 Å². The number of carbonyl (C=O) groups excluding carboxylic acids is 1. The fourth-order valence-corrected chi connectivity index (χ4v) is 4.96. The summed E-state index contributed by atoms with van der Waals surface area (Å²) in [5.74, 6) is 0.135. The minimum atomic E-state index is 0.114. The van der Waals surface area contributed by atoms with E-state index in [-0.39, 0.29) is 11.3 Å². The largest absolute Gasteiger partial charge is 0.381 e. The third-order valence-electron chi connectivity index (χ3n) is 5.85. The van der Waals surface area contributed by atoms with Crippen molar-refractivity contribution in [3.63, 3.8) is 0 Å². The van der Waals surface area contributed by atoms with E-state index in [2.05, 4.69) is 90.0 Å². The van der Waals surface area contributed by atoms with Crippen LogP contribution < -0.4 is 0 Å². The van der Waals surface area contributed by atoms with E-state index in [4.69, 9.17) is 4.74 Å². The van der Waals surface area contributed by atoms with Crippen molar-refractivity contribution in [3.05, 3.63) is 71.2 Å². The van der Waals surface area contributed by atoms with Crippen molar-refractivity contribution < 1.29 is 9.53 Å². The molecule has 1 amide bonds. The third-order valence-corrected chi connectivity index (χ3v) is 7.16. The number of rotatable bonds is 9. The van der Waals surface area contributed by atoms with Gasteiger partial charge in [0, 0.05) is 45.1 Å². The van der Waals surface area contributed by atoms with Crippen molar-refractivity contribution in [1.82, 2.24) is 12.9 Å². The number of likely N-dealkylation sites (tertiary alicyclic amines) is 1. The van der Waals surface area contributed by atoms with Crippen LogP contribution in [0.4, 0.5) is 0 Å². The summed E-state index contributed by atoms with van der Waals surface area (Å²) in [6, 6.07) is 8.24. The second kappa shape index (κ2) is 13.3. The highest BCUT2D eigenvalue weighted by atomic mass is 127. The van der Waals surface area contributed by atoms with Gasteiger partial charge < -0.3 is 17.6 Å². The summed E-state index contributed by atoms with van der Waals surface area (Å²) < 4.78 is 7.77. The molecule has 0 N–H and O–H groups in total. The monoisotopic (exact) mass is 579 g/mol. The fraction of sp³-hybridized carbons (Fsp3) is 0.536. The van der Waals surface area contributed by atoms with Crippen LogP contribution in [0.3, 0.4) is 0 Å². The molecule has 1 aromatic carbocycles. The summed E-state index contributed by atoms with van der Waals surface area (Å²) in [6.07, 6.45) is 11.7. The Morgan fingerprint density at radius 1 is 1.21 bits per heavy atom. The Balaban J connectivity index is 2.17. The molecular formula is C28H42IN3O2. The van der Waals surface area contributed by atoms with Gasteiger partial charge in [-0.05, 0) is 49.8 Å². The highest BCUT2D eigenvalue weighted by Crippen LogP contribution is 2.31. The molecule has 2 rings (SSSR count). The van der Waals surface area contributed by atoms with Gasteiger partial charge in [0.25, 0.3) is 5.91 Å². The van der Waals surface area contributed by atoms with E-state index in [0.717, 1.165) is 49.2 Å². The number of ether oxygens (including phenoxy) is 1. The number of hydrogen-bond donors (Lipinski definition) is 0. The molecule has 0 bridgehead atoms. The van der Waals surface area contributed by atoms with Gasteiger partial charge in [-0.15, -0.1) is 0 Å². The van der Waals surface area contributed by atoms with Gasteiger partial charge in [-0.2, -0.15) is 0 Å². The maximum atomic E-state index is 13.0. The van der Waals surface area contributed by atoms with Crippen LogP contribution in [-0.2, 0) is 4.74 Å². The van der Waals surface area contributed by atoms with Crippen LogP contribution in [0.1, 0.15) is 62.9 Å². The fourth-order valence-electron chi connectivity index (χ4n) is 3.95. The first-order chi connectivity index (χ1) is 16.1. The first kappa shape index (κ1) is 28.4. The Bertz CT molecular complexity index is 893. The second-order valence-electron chi connectivity index (χ2n) is 10.0. The minimum Gasteiger partial charge on any atom is -0.381 e. The molecule has 0 aromatic heterocycles. The highest BCUT2D eigenvalue weighted by Gasteiger charge is 2.29. The zero-order valence-electron chi connectivity index (χ0n) is 22.0. The summed E-state index contributed by atoms with van der Waals surface area (Å²) in [5.41, 5.74) is 4.35. The molecule has 1 aromatic rings. The molecule has 0 spiro atoms. The number of nitrogens with zero attached hydrogens (tertiary/aromatic N) is 3. The lowest BCUT2D eigenvalue weighted by Gasteiger charge is -2.39. The molecule has 1 fully saturated rings. The molecule has 1 saturated heterocycles. The predicted molar refractivity (Wildman–Crippen MR) is 151 cm³/mol. The Labute approximate surface area is 221 Å². The van der Waals surface area contributed by atoms with Crippen LogP contribution in [-0.4, -0.2) is 58.7 Å². The lowest BCUT2D eigenvalue weighted by molar-refractivity contribution is 0.0694. The lowest BCUT2D eigenvalue weighted by atomic mass is 9.97. The van der Waals surface area contributed by atoms with Crippen molar-refractivity contribution in [2.45, 2.75) is 59.9 Å². The topological polar surface area (TPSA) is 36.0 Å². The van der Waals surface area contributed by atoms with Gasteiger partial charge in [0.2, 0.25) is 0 Å². The van der Waals surface area contributed by atoms with Gasteiger partial charge in [-0.1, -0.05) is 57.5 Å². The van der Waals surface area contributed by atoms with Gasteiger partial charge >= 0.3 is 0 Å². The molecule has 1 heterocycles. The molecule has 34 heavy (non-hydrogen) atoms. The van der Waals surface area contributed by atoms with Crippen LogP contribution in [0.5, 0.6) is 0 Å². The highest BCUT2D eigenvalue weighted by molar-refractivity contribution is 14.1. The summed E-state index contributed by atoms with van der Waals surface area (Å²) >= 11 is 2.45. The molecule has 1 aliphatic rings. The molecular weight excluding hydrogens is 537 g/mol. The normalized spacial score (nSPS) is 16.3. The van der Waals surface area contributed by atoms with Crippen LogP contribution >= 0.6 is 22.9 Å². The molecule has 0 atom stereocenters. The number of benzene rings is 1. The molecule has 0 radical (unpaired) electrons. The summed E-state index contributed by atoms with van der Waals surface area (Å²) in [5, 5.41) is 0. The molecule has 6 heteroatoms. The van der Waals surface area contributed by atoms with Crippen LogP contribution in [0, 0.1) is 12.3 Å². The first-order valence-electron chi connectivity index (χ1n) is 12.2. The van der Waals surface area contributed by atoms with Crippen molar-refractivity contribution in [2.24, 2.45) is 5.41 Å². The Morgan fingerprint density at radius 3 is 2.44 bits per heavy atom. The van der Waals surface area contributed by atoms with Crippen LogP contribution in [0.15, 0.2) is 60.1 Å². The third kappa shape index (κ3) is 8.45. The van der Waals surface area contributed by atoms with Crippen molar-refractivity contribution >= 4 is 28.8 Å². The number of allylic oxidation sites excluding steroid dienone is 2. The molecule has 0 unspecified atom stereocenters. The summed E-state index contributed by atoms with van der Waals surface area (Å²) in [6.45, 7) is 12.9. The maximum absolute atomic E-state index is 13.0. The van der Waals surface area contributed by atoms with E-state index in [1.54, 1.807) is 7.11 Å². The van der Waals surface area contributed by atoms with Gasteiger partial charge in [0.1, 0.15) is 0 Å². The number of piperidine rings is 1. The Hall–Kier alpha value is -1.80. The molecule has 0 saturated carbocycles. The SMILES string of the molecule is CC/C=C(\C(=C/COC)N(I)C1CCN(C(=O)c2cccc(C)c2)CC1)N(C)/C=C\C(C)(C)C. The van der Waals surface area contributed by atoms with Gasteiger partial charge in [-0.25, -0.2) is 0 Å². The number of halogens is 1. The van der Waals surface area contributed by atoms with E-state index in [1.165, 1.54) is 5.70 Å². The molecule has 1 aliphatic heterocycles. The van der Waals surface area contributed by atoms with E-state index >= 15 is 0 Å². The minimum absolute atomic E-state index is 0.114. The van der Waals surface area contributed by atoms with Gasteiger partial charge in [0.05, 0.1) is 40.9 Å². The first-order valence-corrected chi connectivity index (χ1v) is 13.2. The molecule has 5 nitrogen and oxygen atoms in total. The van der Waals surface area contributed by atoms with Gasteiger partial charge in [0.15, 0.2) is 0 Å². The lowest BCUT2D eigenvalue weighted by Crippen LogP contribution is -2.44. The quantitative estimate of drug-likeness (QED) is 0.189. The number of amides is 1. The average molecular weight is 580 g/mol. The zero-order valence-corrected chi connectivity index (χ0v) is 24.1. The number of likely N-dealkylation sites (N-methyl/N-ethyl adjacent to an activating group) is 1. The summed E-state index contributed by atoms with van der Waals surface area (Å²) in [4.78, 5) is 17.2. The van der Waals surface area contributed by atoms with E-state index in [1.807, 2.05) is 36.1 Å². The van der Waals surface area contributed by atoms with Gasteiger partial charge in [-0.3, -0.25) is 4.79 Å². The van der Waals surface area contributed by atoms with E-state index in [0.29, 0.717) is 12.6 Å². The smallest absolute Gasteiger partial charge is 0.253 e. The second-order valence-corrected chi connectivity index (χ2v) is 11.1. The Morgan fingerprint density at radius 2 is 1.88 bits per heavy atom. The number of carbonyl (C=O) groups is 1. The predicted octanol–water partition coefficient (Wildman–Crippen LogP) is 6.57. The molecule has 188 valence electrons. The van der Waals surface area contributed by atoms with E-state index < -0.39 is 0 Å². The average Bonchev–Trinajstić information content (AvgIpc) is 2.81. The summed E-state index contributed by atoms with van der Waals surface area (Å²) in [7, 11) is 3.84. The number of aryl methyl sites for hydroxylation is 1. The van der Waals surface area contributed by atoms with Crippen molar-refractivity contribution in [3.8, 4) is 0 Å². The molecule has 0 aliphatic carbocycles. The standard InChI is InChI=1S/C28H42IN3O2/c1-8-10-25(30(6)19-16-28(3,4)5)26(15-20-34-7)32(29)24-13-17-31(18-14-24)27(33)23-12-9-11-22(2)21-23/h9-12,15-16,19,21,24H,8,13-14,17-18,20H2,1-7H3/b19-16-,25-10+,26-15+. The maximum Gasteiger partial charge on any atom is 0.253 e. The van der Waals surface area contributed by atoms with Crippen molar-refractivity contribution in [2.75, 3.05) is 33.9 Å². The Kier molecular flexibility index (Phi) is 11.2. The number of hydrogen-bond acceptors (Lipinski definition) is 4. The van der Waals surface area contributed by atoms with E-state index in [9.17, 15) is 4.79 Å². The van der Waals surface area contributed by atoms with Crippen LogP contribution in [0.2, 0.25) is 0 Å². The zero-order chi connectivity index (χ0) is 25.3. The number of methoxy groups -OCH3 is 1. The van der Waals surface area contributed by atoms with Crippen LogP contribution in [0.25, 0.3) is 0 Å².